The Morgan fingerprint density at radius 1 is 1.10 bits per heavy atom. The number of benzene rings is 2. The van der Waals surface area contributed by atoms with Gasteiger partial charge in [0, 0.05) is 18.1 Å². The van der Waals surface area contributed by atoms with E-state index < -0.39 is 0 Å². The maximum atomic E-state index is 11.9. The minimum atomic E-state index is -0.129. The van der Waals surface area contributed by atoms with E-state index in [2.05, 4.69) is 23.5 Å². The van der Waals surface area contributed by atoms with E-state index >= 15 is 0 Å². The van der Waals surface area contributed by atoms with E-state index in [0.29, 0.717) is 23.9 Å². The van der Waals surface area contributed by atoms with Gasteiger partial charge in [0.1, 0.15) is 12.4 Å². The molecule has 1 amide bonds. The van der Waals surface area contributed by atoms with Crippen LogP contribution < -0.4 is 24.3 Å². The molecule has 0 unspecified atom stereocenters. The Kier molecular flexibility index (Phi) is 5.33. The van der Waals surface area contributed by atoms with Crippen molar-refractivity contribution in [3.8, 4) is 34.1 Å². The number of methoxy groups -OCH3 is 3. The highest BCUT2D eigenvalue weighted by atomic mass is 16.5. The SMILES string of the molecule is C/C=C1/COc2cc3c(cc21)-c1c(cc(OC)c(OC)c1OC)CC[C@@H]3NC(C)=O. The lowest BCUT2D eigenvalue weighted by molar-refractivity contribution is -0.119. The number of carbonyl (C=O) groups is 1. The third kappa shape index (κ3) is 3.16. The molecule has 1 aliphatic heterocycles. The Hall–Kier alpha value is -3.15. The van der Waals surface area contributed by atoms with Crippen molar-refractivity contribution in [3.63, 3.8) is 0 Å². The summed E-state index contributed by atoms with van der Waals surface area (Å²) >= 11 is 0. The highest BCUT2D eigenvalue weighted by Crippen LogP contribution is 2.52. The second kappa shape index (κ2) is 7.94. The number of hydrogen-bond acceptors (Lipinski definition) is 5. The van der Waals surface area contributed by atoms with E-state index in [1.54, 1.807) is 28.3 Å². The van der Waals surface area contributed by atoms with Gasteiger partial charge < -0.3 is 24.3 Å². The Balaban J connectivity index is 2.04. The van der Waals surface area contributed by atoms with Gasteiger partial charge in [-0.15, -0.1) is 0 Å². The molecule has 0 saturated carbocycles. The molecule has 1 atom stereocenters. The van der Waals surface area contributed by atoms with E-state index in [4.69, 9.17) is 18.9 Å². The van der Waals surface area contributed by atoms with Crippen molar-refractivity contribution in [2.45, 2.75) is 32.7 Å². The zero-order chi connectivity index (χ0) is 21.4. The molecule has 158 valence electrons. The molecular formula is C24H27NO5. The van der Waals surface area contributed by atoms with E-state index in [9.17, 15) is 4.79 Å². The highest BCUT2D eigenvalue weighted by molar-refractivity contribution is 5.88. The van der Waals surface area contributed by atoms with Crippen LogP contribution in [-0.4, -0.2) is 33.8 Å². The molecule has 6 nitrogen and oxygen atoms in total. The maximum absolute atomic E-state index is 11.9. The van der Waals surface area contributed by atoms with Crippen molar-refractivity contribution in [2.75, 3.05) is 27.9 Å². The molecule has 0 fully saturated rings. The molecule has 4 rings (SSSR count). The van der Waals surface area contributed by atoms with Crippen molar-refractivity contribution < 1.29 is 23.7 Å². The van der Waals surface area contributed by atoms with Crippen molar-refractivity contribution >= 4 is 11.5 Å². The first-order chi connectivity index (χ1) is 14.5. The number of amides is 1. The normalized spacial score (nSPS) is 17.9. The van der Waals surface area contributed by atoms with Gasteiger partial charge in [-0.3, -0.25) is 4.79 Å². The van der Waals surface area contributed by atoms with E-state index in [1.165, 1.54) is 0 Å². The van der Waals surface area contributed by atoms with Gasteiger partial charge in [-0.05, 0) is 60.2 Å². The van der Waals surface area contributed by atoms with Crippen LogP contribution in [0.4, 0.5) is 0 Å². The lowest BCUT2D eigenvalue weighted by atomic mass is 9.90. The summed E-state index contributed by atoms with van der Waals surface area (Å²) in [6.07, 6.45) is 3.59. The Morgan fingerprint density at radius 3 is 2.50 bits per heavy atom. The van der Waals surface area contributed by atoms with Crippen LogP contribution in [0.1, 0.15) is 43.0 Å². The molecule has 0 spiro atoms. The number of rotatable bonds is 4. The van der Waals surface area contributed by atoms with Gasteiger partial charge in [-0.2, -0.15) is 0 Å². The second-order valence-electron chi connectivity index (χ2n) is 7.51. The van der Waals surface area contributed by atoms with Gasteiger partial charge in [0.2, 0.25) is 11.7 Å². The first-order valence-corrected chi connectivity index (χ1v) is 10.1. The minimum Gasteiger partial charge on any atom is -0.493 e. The molecule has 2 aromatic rings. The molecule has 0 bridgehead atoms. The molecule has 0 radical (unpaired) electrons. The van der Waals surface area contributed by atoms with Crippen LogP contribution in [0.3, 0.4) is 0 Å². The monoisotopic (exact) mass is 409 g/mol. The average Bonchev–Trinajstić information content (AvgIpc) is 3.09. The fourth-order valence-corrected chi connectivity index (χ4v) is 4.49. The molecule has 1 heterocycles. The van der Waals surface area contributed by atoms with E-state index in [0.717, 1.165) is 52.0 Å². The van der Waals surface area contributed by atoms with Gasteiger partial charge in [0.05, 0.1) is 27.4 Å². The molecule has 0 saturated heterocycles. The maximum Gasteiger partial charge on any atom is 0.217 e. The minimum absolute atomic E-state index is 0.0606. The first kappa shape index (κ1) is 20.1. The molecule has 6 heteroatoms. The number of carbonyl (C=O) groups excluding carboxylic acids is 1. The molecule has 30 heavy (non-hydrogen) atoms. The van der Waals surface area contributed by atoms with Crippen molar-refractivity contribution in [1.29, 1.82) is 0 Å². The summed E-state index contributed by atoms with van der Waals surface area (Å²) in [5, 5.41) is 3.11. The van der Waals surface area contributed by atoms with Crippen molar-refractivity contribution in [1.82, 2.24) is 5.32 Å². The number of allylic oxidation sites excluding steroid dienone is 1. The lowest BCUT2D eigenvalue weighted by Crippen LogP contribution is -2.26. The number of hydrogen-bond donors (Lipinski definition) is 1. The summed E-state index contributed by atoms with van der Waals surface area (Å²) in [7, 11) is 4.87. The second-order valence-corrected chi connectivity index (χ2v) is 7.51. The summed E-state index contributed by atoms with van der Waals surface area (Å²) in [4.78, 5) is 11.9. The van der Waals surface area contributed by atoms with Gasteiger partial charge in [0.25, 0.3) is 0 Å². The quantitative estimate of drug-likeness (QED) is 0.816. The molecular weight excluding hydrogens is 382 g/mol. The first-order valence-electron chi connectivity index (χ1n) is 10.1. The van der Waals surface area contributed by atoms with Gasteiger partial charge in [-0.1, -0.05) is 6.08 Å². The molecule has 1 N–H and O–H groups in total. The van der Waals surface area contributed by atoms with Gasteiger partial charge in [0.15, 0.2) is 11.5 Å². The van der Waals surface area contributed by atoms with Crippen molar-refractivity contribution in [2.24, 2.45) is 0 Å². The fourth-order valence-electron chi connectivity index (χ4n) is 4.49. The molecule has 2 aliphatic rings. The van der Waals surface area contributed by atoms with Crippen molar-refractivity contribution in [3.05, 3.63) is 41.0 Å². The topological polar surface area (TPSA) is 66.0 Å². The molecule has 0 aromatic heterocycles. The number of fused-ring (bicyclic) bond motifs is 4. The predicted octanol–water partition coefficient (Wildman–Crippen LogP) is 4.30. The highest BCUT2D eigenvalue weighted by Gasteiger charge is 2.32. The van der Waals surface area contributed by atoms with Gasteiger partial charge >= 0.3 is 0 Å². The summed E-state index contributed by atoms with van der Waals surface area (Å²) < 4.78 is 23.0. The van der Waals surface area contributed by atoms with Crippen LogP contribution in [0.5, 0.6) is 23.0 Å². The Bertz CT molecular complexity index is 1040. The zero-order valence-electron chi connectivity index (χ0n) is 18.0. The molecule has 1 aliphatic carbocycles. The van der Waals surface area contributed by atoms with Crippen LogP contribution in [0.15, 0.2) is 24.3 Å². The van der Waals surface area contributed by atoms with Crippen LogP contribution in [0.25, 0.3) is 16.7 Å². The number of nitrogens with one attached hydrogen (secondary N) is 1. The fraction of sp³-hybridized carbons (Fsp3) is 0.375. The zero-order valence-corrected chi connectivity index (χ0v) is 18.0. The third-order valence-electron chi connectivity index (χ3n) is 5.87. The van der Waals surface area contributed by atoms with Crippen LogP contribution in [0, 0.1) is 0 Å². The third-order valence-corrected chi connectivity index (χ3v) is 5.87. The standard InChI is InChI=1S/C24H27NO5/c1-6-14-12-30-20-11-17-18(10-16(14)20)22-15(7-8-19(17)25-13(2)26)9-21(27-3)23(28-4)24(22)29-5/h6,9-11,19H,7-8,12H2,1-5H3,(H,25,26)/b14-6-/t19-/m0/s1. The van der Waals surface area contributed by atoms with Gasteiger partial charge in [-0.25, -0.2) is 0 Å². The lowest BCUT2D eigenvalue weighted by Gasteiger charge is -2.21. The average molecular weight is 409 g/mol. The largest absolute Gasteiger partial charge is 0.493 e. The van der Waals surface area contributed by atoms with Crippen LogP contribution in [0.2, 0.25) is 0 Å². The van der Waals surface area contributed by atoms with E-state index in [-0.39, 0.29) is 11.9 Å². The van der Waals surface area contributed by atoms with Crippen LogP contribution in [-0.2, 0) is 11.2 Å². The smallest absolute Gasteiger partial charge is 0.217 e. The number of ether oxygens (including phenoxy) is 4. The summed E-state index contributed by atoms with van der Waals surface area (Å²) in [6.45, 7) is 4.11. The Morgan fingerprint density at radius 2 is 1.87 bits per heavy atom. The van der Waals surface area contributed by atoms with E-state index in [1.807, 2.05) is 13.0 Å². The Labute approximate surface area is 176 Å². The number of aryl methyl sites for hydroxylation is 1. The predicted molar refractivity (Wildman–Crippen MR) is 116 cm³/mol. The molecule has 2 aromatic carbocycles. The summed E-state index contributed by atoms with van der Waals surface area (Å²) in [5.41, 5.74) is 6.33. The van der Waals surface area contributed by atoms with Crippen LogP contribution >= 0.6 is 0 Å². The summed E-state index contributed by atoms with van der Waals surface area (Å²) in [6, 6.07) is 6.10. The summed E-state index contributed by atoms with van der Waals surface area (Å²) in [5.74, 6) is 2.61.